The zero-order valence-electron chi connectivity index (χ0n) is 11.1. The van der Waals surface area contributed by atoms with Crippen molar-refractivity contribution in [1.82, 2.24) is 4.90 Å². The van der Waals surface area contributed by atoms with Crippen LogP contribution in [0.25, 0.3) is 0 Å². The maximum atomic E-state index is 5.90. The van der Waals surface area contributed by atoms with E-state index in [0.717, 1.165) is 26.2 Å². The van der Waals surface area contributed by atoms with E-state index in [1.165, 1.54) is 19.3 Å². The number of hydrogen-bond acceptors (Lipinski definition) is 3. The van der Waals surface area contributed by atoms with Crippen molar-refractivity contribution in [2.45, 2.75) is 52.2 Å². The molecule has 0 aromatic heterocycles. The van der Waals surface area contributed by atoms with Crippen molar-refractivity contribution in [3.8, 4) is 0 Å². The van der Waals surface area contributed by atoms with Crippen LogP contribution < -0.4 is 5.73 Å². The Morgan fingerprint density at radius 1 is 1.31 bits per heavy atom. The van der Waals surface area contributed by atoms with Gasteiger partial charge in [0.2, 0.25) is 0 Å². The van der Waals surface area contributed by atoms with Crippen LogP contribution in [0.3, 0.4) is 0 Å². The van der Waals surface area contributed by atoms with Gasteiger partial charge in [0.15, 0.2) is 0 Å². The van der Waals surface area contributed by atoms with E-state index in [1.807, 2.05) is 0 Å². The third kappa shape index (κ3) is 3.72. The van der Waals surface area contributed by atoms with E-state index >= 15 is 0 Å². The number of ether oxygens (including phenoxy) is 1. The minimum Gasteiger partial charge on any atom is -0.378 e. The summed E-state index contributed by atoms with van der Waals surface area (Å²) in [7, 11) is 0. The largest absolute Gasteiger partial charge is 0.378 e. The lowest BCUT2D eigenvalue weighted by Crippen LogP contribution is -2.49. The molecule has 0 radical (unpaired) electrons. The molecule has 3 heteroatoms. The lowest BCUT2D eigenvalue weighted by molar-refractivity contribution is -0.00165. The van der Waals surface area contributed by atoms with Gasteiger partial charge in [0.1, 0.15) is 0 Å². The molecule has 1 aliphatic heterocycles. The quantitative estimate of drug-likeness (QED) is 0.754. The molecule has 2 N–H and O–H groups in total. The van der Waals surface area contributed by atoms with Gasteiger partial charge in [-0.15, -0.1) is 0 Å². The average molecular weight is 228 g/mol. The van der Waals surface area contributed by atoms with Crippen molar-refractivity contribution in [1.29, 1.82) is 0 Å². The maximum absolute atomic E-state index is 5.90. The number of piperidine rings is 1. The highest BCUT2D eigenvalue weighted by Crippen LogP contribution is 2.20. The molecule has 0 spiro atoms. The highest BCUT2D eigenvalue weighted by atomic mass is 16.5. The highest BCUT2D eigenvalue weighted by Gasteiger charge is 2.26. The smallest absolute Gasteiger partial charge is 0.0599 e. The first-order valence-corrected chi connectivity index (χ1v) is 6.78. The van der Waals surface area contributed by atoms with Crippen LogP contribution >= 0.6 is 0 Å². The normalized spacial score (nSPS) is 23.2. The molecule has 0 aromatic carbocycles. The average Bonchev–Trinajstić information content (AvgIpc) is 2.32. The third-order valence-electron chi connectivity index (χ3n) is 3.89. The monoisotopic (exact) mass is 228 g/mol. The molecule has 1 saturated heterocycles. The molecule has 1 rings (SSSR count). The van der Waals surface area contributed by atoms with E-state index in [0.29, 0.717) is 18.1 Å². The molecule has 16 heavy (non-hydrogen) atoms. The van der Waals surface area contributed by atoms with E-state index in [9.17, 15) is 0 Å². The second kappa shape index (κ2) is 7.25. The molecule has 1 fully saturated rings. The Labute approximate surface area is 100 Å². The van der Waals surface area contributed by atoms with Gasteiger partial charge in [-0.2, -0.15) is 0 Å². The van der Waals surface area contributed by atoms with Gasteiger partial charge >= 0.3 is 0 Å². The molecule has 2 atom stereocenters. The predicted molar refractivity (Wildman–Crippen MR) is 68.5 cm³/mol. The van der Waals surface area contributed by atoms with E-state index < -0.39 is 0 Å². The fraction of sp³-hybridized carbons (Fsp3) is 1.00. The van der Waals surface area contributed by atoms with Crippen LogP contribution in [0.4, 0.5) is 0 Å². The summed E-state index contributed by atoms with van der Waals surface area (Å²) in [6.07, 6.45) is 4.03. The zero-order chi connectivity index (χ0) is 12.0. The van der Waals surface area contributed by atoms with Crippen molar-refractivity contribution in [2.24, 2.45) is 11.7 Å². The van der Waals surface area contributed by atoms with Crippen LogP contribution in [0.1, 0.15) is 40.0 Å². The SMILES string of the molecule is CCOC1CCN(C(CN)C(C)CC)CC1. The number of rotatable bonds is 6. The fourth-order valence-corrected chi connectivity index (χ4v) is 2.62. The second-order valence-corrected chi connectivity index (χ2v) is 4.88. The summed E-state index contributed by atoms with van der Waals surface area (Å²) in [5.74, 6) is 0.702. The van der Waals surface area contributed by atoms with Gasteiger partial charge in [-0.25, -0.2) is 0 Å². The molecule has 1 heterocycles. The van der Waals surface area contributed by atoms with Gasteiger partial charge in [0, 0.05) is 32.3 Å². The third-order valence-corrected chi connectivity index (χ3v) is 3.89. The number of nitrogens with zero attached hydrogens (tertiary/aromatic N) is 1. The minimum atomic E-state index is 0.483. The number of likely N-dealkylation sites (tertiary alicyclic amines) is 1. The summed E-state index contributed by atoms with van der Waals surface area (Å²) in [4.78, 5) is 2.56. The fourth-order valence-electron chi connectivity index (χ4n) is 2.62. The summed E-state index contributed by atoms with van der Waals surface area (Å²) < 4.78 is 5.67. The van der Waals surface area contributed by atoms with Crippen LogP contribution in [0.5, 0.6) is 0 Å². The molecule has 0 amide bonds. The van der Waals surface area contributed by atoms with E-state index in [-0.39, 0.29) is 0 Å². The Bertz CT molecular complexity index is 179. The first-order chi connectivity index (χ1) is 7.72. The lowest BCUT2D eigenvalue weighted by Gasteiger charge is -2.39. The van der Waals surface area contributed by atoms with E-state index in [1.54, 1.807) is 0 Å². The van der Waals surface area contributed by atoms with Crippen LogP contribution in [-0.2, 0) is 4.74 Å². The molecule has 96 valence electrons. The van der Waals surface area contributed by atoms with Gasteiger partial charge in [-0.1, -0.05) is 20.3 Å². The topological polar surface area (TPSA) is 38.5 Å². The standard InChI is InChI=1S/C13H28N2O/c1-4-11(3)13(10-14)15-8-6-12(7-9-15)16-5-2/h11-13H,4-10,14H2,1-3H3. The Hall–Kier alpha value is -0.120. The van der Waals surface area contributed by atoms with Gasteiger partial charge in [-0.3, -0.25) is 4.90 Å². The first-order valence-electron chi connectivity index (χ1n) is 6.78. The summed E-state index contributed by atoms with van der Waals surface area (Å²) in [6, 6.07) is 0.563. The van der Waals surface area contributed by atoms with Crippen LogP contribution in [0, 0.1) is 5.92 Å². The van der Waals surface area contributed by atoms with Crippen molar-refractivity contribution >= 4 is 0 Å². The zero-order valence-corrected chi connectivity index (χ0v) is 11.1. The maximum Gasteiger partial charge on any atom is 0.0599 e. The number of nitrogens with two attached hydrogens (primary N) is 1. The second-order valence-electron chi connectivity index (χ2n) is 4.88. The Kier molecular flexibility index (Phi) is 6.32. The van der Waals surface area contributed by atoms with Crippen molar-refractivity contribution in [2.75, 3.05) is 26.2 Å². The molecular weight excluding hydrogens is 200 g/mol. The van der Waals surface area contributed by atoms with Crippen molar-refractivity contribution < 1.29 is 4.74 Å². The number of hydrogen-bond donors (Lipinski definition) is 1. The summed E-state index contributed by atoms with van der Waals surface area (Å²) >= 11 is 0. The summed E-state index contributed by atoms with van der Waals surface area (Å²) in [5, 5.41) is 0. The molecular formula is C13H28N2O. The molecule has 0 bridgehead atoms. The Balaban J connectivity index is 2.38. The van der Waals surface area contributed by atoms with Crippen LogP contribution in [0.2, 0.25) is 0 Å². The van der Waals surface area contributed by atoms with E-state index in [2.05, 4.69) is 25.7 Å². The first kappa shape index (κ1) is 13.9. The molecule has 1 aliphatic rings. The Morgan fingerprint density at radius 2 is 1.94 bits per heavy atom. The Morgan fingerprint density at radius 3 is 2.38 bits per heavy atom. The summed E-state index contributed by atoms with van der Waals surface area (Å²) in [6.45, 7) is 10.6. The summed E-state index contributed by atoms with van der Waals surface area (Å²) in [5.41, 5.74) is 5.90. The molecule has 0 aromatic rings. The van der Waals surface area contributed by atoms with Crippen LogP contribution in [-0.4, -0.2) is 43.3 Å². The van der Waals surface area contributed by atoms with Crippen molar-refractivity contribution in [3.05, 3.63) is 0 Å². The molecule has 0 aliphatic carbocycles. The minimum absolute atomic E-state index is 0.483. The van der Waals surface area contributed by atoms with Gasteiger partial charge in [-0.05, 0) is 25.7 Å². The van der Waals surface area contributed by atoms with Crippen molar-refractivity contribution in [3.63, 3.8) is 0 Å². The van der Waals surface area contributed by atoms with Crippen LogP contribution in [0.15, 0.2) is 0 Å². The van der Waals surface area contributed by atoms with Gasteiger partial charge in [0.25, 0.3) is 0 Å². The lowest BCUT2D eigenvalue weighted by atomic mass is 9.95. The molecule has 2 unspecified atom stereocenters. The van der Waals surface area contributed by atoms with Gasteiger partial charge < -0.3 is 10.5 Å². The molecule has 3 nitrogen and oxygen atoms in total. The van der Waals surface area contributed by atoms with E-state index in [4.69, 9.17) is 10.5 Å². The predicted octanol–water partition coefficient (Wildman–Crippen LogP) is 1.86. The van der Waals surface area contributed by atoms with Gasteiger partial charge in [0.05, 0.1) is 6.10 Å². The molecule has 0 saturated carbocycles. The highest BCUT2D eigenvalue weighted by molar-refractivity contribution is 4.82.